The van der Waals surface area contributed by atoms with Gasteiger partial charge in [-0.1, -0.05) is 12.1 Å². The van der Waals surface area contributed by atoms with Crippen LogP contribution >= 0.6 is 0 Å². The second kappa shape index (κ2) is 5.84. The third kappa shape index (κ3) is 2.31. The molecule has 0 atom stereocenters. The summed E-state index contributed by atoms with van der Waals surface area (Å²) in [5, 5.41) is 0. The van der Waals surface area contributed by atoms with E-state index in [4.69, 9.17) is 0 Å². The maximum absolute atomic E-state index is 12.2. The first-order valence-electron chi connectivity index (χ1n) is 5.75. The van der Waals surface area contributed by atoms with Gasteiger partial charge in [-0.2, -0.15) is 0 Å². The van der Waals surface area contributed by atoms with Gasteiger partial charge < -0.3 is 0 Å². The monoisotopic (exact) mass is 271 g/mol. The molecule has 0 spiro atoms. The van der Waals surface area contributed by atoms with Crippen LogP contribution in [0.15, 0.2) is 34.3 Å². The lowest BCUT2D eigenvalue weighted by atomic mass is 10.1. The molecule has 1 aliphatic rings. The van der Waals surface area contributed by atoms with Crippen molar-refractivity contribution in [2.24, 2.45) is 9.98 Å². The Morgan fingerprint density at radius 1 is 0.950 bits per heavy atom. The topological polar surface area (TPSA) is 96.2 Å². The normalized spacial score (nSPS) is 14.3. The molecule has 1 heterocycles. The van der Waals surface area contributed by atoms with Crippen LogP contribution in [0.4, 0.5) is 0 Å². The van der Waals surface area contributed by atoms with E-state index in [2.05, 4.69) is 9.98 Å². The van der Waals surface area contributed by atoms with Gasteiger partial charge in [0, 0.05) is 0 Å². The van der Waals surface area contributed by atoms with Crippen molar-refractivity contribution in [3.63, 3.8) is 0 Å². The molecule has 2 amide bonds. The van der Waals surface area contributed by atoms with Crippen molar-refractivity contribution in [2.45, 2.75) is 6.04 Å². The van der Waals surface area contributed by atoms with Gasteiger partial charge in [-0.15, -0.1) is 0 Å². The van der Waals surface area contributed by atoms with Crippen LogP contribution in [0, 0.1) is 0 Å². The number of rotatable bonds is 5. The van der Waals surface area contributed by atoms with Crippen LogP contribution in [0.25, 0.3) is 0 Å². The predicted octanol–water partition coefficient (Wildman–Crippen LogP) is 0.323. The van der Waals surface area contributed by atoms with E-state index in [-0.39, 0.29) is 24.2 Å². The van der Waals surface area contributed by atoms with Crippen molar-refractivity contribution >= 4 is 24.0 Å². The Hall–Kier alpha value is -2.88. The van der Waals surface area contributed by atoms with Crippen LogP contribution in [0.3, 0.4) is 0 Å². The van der Waals surface area contributed by atoms with Crippen molar-refractivity contribution < 1.29 is 19.2 Å². The van der Waals surface area contributed by atoms with Crippen LogP contribution in [-0.2, 0) is 9.59 Å². The van der Waals surface area contributed by atoms with Gasteiger partial charge >= 0.3 is 0 Å². The summed E-state index contributed by atoms with van der Waals surface area (Å²) in [6.07, 6.45) is 2.67. The number of aliphatic imine (C=N–C) groups is 2. The molecule has 0 fully saturated rings. The maximum atomic E-state index is 12.2. The van der Waals surface area contributed by atoms with E-state index in [0.717, 1.165) is 4.90 Å². The number of nitrogens with zero attached hydrogens (tertiary/aromatic N) is 3. The Morgan fingerprint density at radius 3 is 1.80 bits per heavy atom. The van der Waals surface area contributed by atoms with Gasteiger partial charge in [0.15, 0.2) is 0 Å². The Balaban J connectivity index is 2.35. The van der Waals surface area contributed by atoms with Crippen molar-refractivity contribution in [1.82, 2.24) is 4.90 Å². The first-order valence-corrected chi connectivity index (χ1v) is 5.75. The minimum Gasteiger partial charge on any atom is -0.269 e. The van der Waals surface area contributed by atoms with Crippen LogP contribution in [-0.4, -0.2) is 48.0 Å². The quantitative estimate of drug-likeness (QED) is 0.437. The molecule has 1 aromatic rings. The fraction of sp³-hybridized carbons (Fsp3) is 0.231. The Bertz CT molecular complexity index is 602. The number of carbonyl (C=O) groups is 2. The molecule has 20 heavy (non-hydrogen) atoms. The number of carbonyl (C=O) groups excluding carboxylic acids is 4. The van der Waals surface area contributed by atoms with E-state index in [9.17, 15) is 19.2 Å². The molecule has 0 N–H and O–H groups in total. The largest absolute Gasteiger partial charge is 0.269 e. The van der Waals surface area contributed by atoms with Crippen molar-refractivity contribution in [3.05, 3.63) is 35.4 Å². The van der Waals surface area contributed by atoms with Crippen LogP contribution < -0.4 is 0 Å². The third-order valence-electron chi connectivity index (χ3n) is 2.92. The van der Waals surface area contributed by atoms with Gasteiger partial charge in [0.2, 0.25) is 12.2 Å². The van der Waals surface area contributed by atoms with Gasteiger partial charge in [0.05, 0.1) is 30.3 Å². The molecule has 7 heteroatoms. The average Bonchev–Trinajstić information content (AvgIpc) is 2.73. The van der Waals surface area contributed by atoms with Crippen molar-refractivity contribution in [3.8, 4) is 0 Å². The van der Waals surface area contributed by atoms with E-state index in [1.807, 2.05) is 0 Å². The van der Waals surface area contributed by atoms with E-state index >= 15 is 0 Å². The molecule has 0 saturated heterocycles. The summed E-state index contributed by atoms with van der Waals surface area (Å²) in [6, 6.07) is 5.58. The van der Waals surface area contributed by atoms with Gasteiger partial charge in [0.1, 0.15) is 0 Å². The summed E-state index contributed by atoms with van der Waals surface area (Å²) in [5.74, 6) is -0.976. The first kappa shape index (κ1) is 13.5. The number of isocyanates is 2. The first-order chi connectivity index (χ1) is 9.70. The molecule has 100 valence electrons. The van der Waals surface area contributed by atoms with Crippen LogP contribution in [0.2, 0.25) is 0 Å². The van der Waals surface area contributed by atoms with Gasteiger partial charge in [-0.25, -0.2) is 19.6 Å². The molecule has 1 aliphatic heterocycles. The molecule has 0 bridgehead atoms. The van der Waals surface area contributed by atoms with E-state index in [0.29, 0.717) is 0 Å². The number of fused-ring (bicyclic) bond motifs is 1. The summed E-state index contributed by atoms with van der Waals surface area (Å²) in [5.41, 5.74) is 0.570. The summed E-state index contributed by atoms with van der Waals surface area (Å²) in [6.45, 7) is -0.305. The van der Waals surface area contributed by atoms with Gasteiger partial charge in [-0.05, 0) is 12.1 Å². The molecule has 0 aromatic heterocycles. The molecule has 2 rings (SSSR count). The highest BCUT2D eigenvalue weighted by atomic mass is 16.2. The molecule has 1 aromatic carbocycles. The second-order valence-electron chi connectivity index (χ2n) is 4.04. The molecule has 0 radical (unpaired) electrons. The maximum Gasteiger partial charge on any atom is 0.261 e. The second-order valence-corrected chi connectivity index (χ2v) is 4.04. The van der Waals surface area contributed by atoms with E-state index < -0.39 is 17.9 Å². The van der Waals surface area contributed by atoms with Crippen molar-refractivity contribution in [2.75, 3.05) is 13.1 Å². The van der Waals surface area contributed by atoms with Gasteiger partial charge in [0.25, 0.3) is 11.8 Å². The standard InChI is InChI=1S/C13H9N3O4/c17-7-14-5-9(6-15-8-18)16-12(19)10-3-1-2-4-11(10)13(16)20/h1-4,9H,5-6H2. The zero-order valence-electron chi connectivity index (χ0n) is 10.3. The summed E-state index contributed by atoms with van der Waals surface area (Å²) in [4.78, 5) is 52.5. The summed E-state index contributed by atoms with van der Waals surface area (Å²) in [7, 11) is 0. The third-order valence-corrected chi connectivity index (χ3v) is 2.92. The lowest BCUT2D eigenvalue weighted by molar-refractivity contribution is 0.0595. The molecular weight excluding hydrogens is 262 g/mol. The fourth-order valence-corrected chi connectivity index (χ4v) is 2.05. The van der Waals surface area contributed by atoms with Gasteiger partial charge in [-0.3, -0.25) is 14.5 Å². The number of hydrogen-bond acceptors (Lipinski definition) is 6. The lowest BCUT2D eigenvalue weighted by Gasteiger charge is -2.22. The lowest BCUT2D eigenvalue weighted by Crippen LogP contribution is -2.43. The number of imide groups is 1. The molecular formula is C13H9N3O4. The highest BCUT2D eigenvalue weighted by molar-refractivity contribution is 6.21. The summed E-state index contributed by atoms with van der Waals surface area (Å²) >= 11 is 0. The zero-order chi connectivity index (χ0) is 14.5. The SMILES string of the molecule is O=C=NCC(CN=C=O)N1C(=O)c2ccccc2C1=O. The predicted molar refractivity (Wildman–Crippen MR) is 66.7 cm³/mol. The number of hydrogen-bond donors (Lipinski definition) is 0. The van der Waals surface area contributed by atoms with E-state index in [1.165, 1.54) is 12.2 Å². The molecule has 0 unspecified atom stereocenters. The average molecular weight is 271 g/mol. The zero-order valence-corrected chi connectivity index (χ0v) is 10.3. The molecule has 7 nitrogen and oxygen atoms in total. The molecule has 0 saturated carbocycles. The fourth-order valence-electron chi connectivity index (χ4n) is 2.05. The highest BCUT2D eigenvalue weighted by Crippen LogP contribution is 2.24. The molecule has 0 aliphatic carbocycles. The number of benzene rings is 1. The number of amides is 2. The Labute approximate surface area is 113 Å². The van der Waals surface area contributed by atoms with Crippen LogP contribution in [0.1, 0.15) is 20.7 Å². The minimum absolute atomic E-state index is 0.153. The highest BCUT2D eigenvalue weighted by Gasteiger charge is 2.39. The van der Waals surface area contributed by atoms with Crippen molar-refractivity contribution in [1.29, 1.82) is 0 Å². The van der Waals surface area contributed by atoms with E-state index in [1.54, 1.807) is 24.3 Å². The smallest absolute Gasteiger partial charge is 0.261 e. The minimum atomic E-state index is -0.801. The van der Waals surface area contributed by atoms with Crippen LogP contribution in [0.5, 0.6) is 0 Å². The Kier molecular flexibility index (Phi) is 3.96. The Morgan fingerprint density at radius 2 is 1.40 bits per heavy atom. The summed E-state index contributed by atoms with van der Waals surface area (Å²) < 4.78 is 0.